The Hall–Kier alpha value is -1.06. The lowest BCUT2D eigenvalue weighted by Crippen LogP contribution is -2.47. The Bertz CT molecular complexity index is 291. The van der Waals surface area contributed by atoms with Gasteiger partial charge in [-0.1, -0.05) is 19.8 Å². The van der Waals surface area contributed by atoms with Gasteiger partial charge in [0.05, 0.1) is 0 Å². The van der Waals surface area contributed by atoms with E-state index in [0.29, 0.717) is 24.8 Å². The second kappa shape index (κ2) is 4.85. The number of hydrogen-bond donors (Lipinski definition) is 2. The predicted molar refractivity (Wildman–Crippen MR) is 60.7 cm³/mol. The molecule has 0 aromatic heterocycles. The molecule has 0 aromatic carbocycles. The average Bonchev–Trinajstić information content (AvgIpc) is 2.65. The summed E-state index contributed by atoms with van der Waals surface area (Å²) in [4.78, 5) is 22.9. The lowest BCUT2D eigenvalue weighted by atomic mass is 9.87. The Morgan fingerprint density at radius 2 is 2.19 bits per heavy atom. The minimum Gasteiger partial charge on any atom is -0.352 e. The molecule has 2 N–H and O–H groups in total. The lowest BCUT2D eigenvalue weighted by Gasteiger charge is -2.28. The van der Waals surface area contributed by atoms with Crippen LogP contribution >= 0.6 is 0 Å². The van der Waals surface area contributed by atoms with Gasteiger partial charge < -0.3 is 10.6 Å². The highest BCUT2D eigenvalue weighted by atomic mass is 16.2. The molecule has 2 unspecified atom stereocenters. The van der Waals surface area contributed by atoms with Crippen LogP contribution in [0.25, 0.3) is 0 Å². The number of hydrogen-bond acceptors (Lipinski definition) is 2. The number of carbonyl (C=O) groups is 2. The summed E-state index contributed by atoms with van der Waals surface area (Å²) in [6, 6.07) is 0.0264. The summed E-state index contributed by atoms with van der Waals surface area (Å²) in [5.74, 6) is 0.708. The zero-order valence-corrected chi connectivity index (χ0v) is 9.79. The van der Waals surface area contributed by atoms with Gasteiger partial charge in [0.25, 0.3) is 0 Å². The Kier molecular flexibility index (Phi) is 3.46. The molecule has 3 atom stereocenters. The van der Waals surface area contributed by atoms with Gasteiger partial charge in [-0.2, -0.15) is 0 Å². The number of carbonyl (C=O) groups excluding carboxylic acids is 2. The van der Waals surface area contributed by atoms with Crippen LogP contribution in [0.4, 0.5) is 0 Å². The Morgan fingerprint density at radius 3 is 2.81 bits per heavy atom. The molecule has 0 radical (unpaired) electrons. The third-order valence-electron chi connectivity index (χ3n) is 3.59. The molecule has 2 aliphatic rings. The minimum absolute atomic E-state index is 0.00263. The van der Waals surface area contributed by atoms with Crippen molar-refractivity contribution in [3.8, 4) is 0 Å². The molecule has 2 fully saturated rings. The highest BCUT2D eigenvalue weighted by molar-refractivity contribution is 5.90. The first kappa shape index (κ1) is 11.4. The zero-order chi connectivity index (χ0) is 11.5. The smallest absolute Gasteiger partial charge is 0.242 e. The molecular formula is C12H20N2O2. The van der Waals surface area contributed by atoms with Gasteiger partial charge in [-0.15, -0.1) is 0 Å². The van der Waals surface area contributed by atoms with E-state index in [-0.39, 0.29) is 17.9 Å². The third-order valence-corrected chi connectivity index (χ3v) is 3.59. The van der Waals surface area contributed by atoms with Crippen molar-refractivity contribution in [2.45, 2.75) is 57.5 Å². The van der Waals surface area contributed by atoms with Crippen LogP contribution in [0.2, 0.25) is 0 Å². The standard InChI is InChI=1S/C12H20N2O2/c1-8-3-2-4-9(7-8)13-12(16)10-5-6-11(15)14-10/h8-10H,2-7H2,1H3,(H,13,16)(H,14,15)/t8?,9?,10-/m1/s1. The Morgan fingerprint density at radius 1 is 1.38 bits per heavy atom. The summed E-state index contributed by atoms with van der Waals surface area (Å²) >= 11 is 0. The largest absolute Gasteiger partial charge is 0.352 e. The highest BCUT2D eigenvalue weighted by Gasteiger charge is 2.29. The maximum atomic E-state index is 11.8. The van der Waals surface area contributed by atoms with Crippen LogP contribution in [0.1, 0.15) is 45.4 Å². The summed E-state index contributed by atoms with van der Waals surface area (Å²) in [5.41, 5.74) is 0. The Balaban J connectivity index is 1.80. The number of rotatable bonds is 2. The van der Waals surface area contributed by atoms with E-state index in [9.17, 15) is 9.59 Å². The zero-order valence-electron chi connectivity index (χ0n) is 9.79. The molecule has 90 valence electrons. The highest BCUT2D eigenvalue weighted by Crippen LogP contribution is 2.23. The first-order chi connectivity index (χ1) is 7.65. The van der Waals surface area contributed by atoms with Crippen molar-refractivity contribution in [2.75, 3.05) is 0 Å². The lowest BCUT2D eigenvalue weighted by molar-refractivity contribution is -0.126. The van der Waals surface area contributed by atoms with Gasteiger partial charge in [-0.3, -0.25) is 9.59 Å². The maximum Gasteiger partial charge on any atom is 0.242 e. The SMILES string of the molecule is CC1CCCC(NC(=O)[C@H]2CCC(=O)N2)C1. The van der Waals surface area contributed by atoms with E-state index in [4.69, 9.17) is 0 Å². The van der Waals surface area contributed by atoms with Crippen LogP contribution < -0.4 is 10.6 Å². The molecule has 0 spiro atoms. The van der Waals surface area contributed by atoms with Crippen molar-refractivity contribution in [3.05, 3.63) is 0 Å². The molecule has 0 aromatic rings. The fourth-order valence-corrected chi connectivity index (χ4v) is 2.68. The average molecular weight is 224 g/mol. The van der Waals surface area contributed by atoms with Crippen LogP contribution in [0.5, 0.6) is 0 Å². The molecule has 4 heteroatoms. The van der Waals surface area contributed by atoms with Gasteiger partial charge in [-0.25, -0.2) is 0 Å². The van der Waals surface area contributed by atoms with E-state index < -0.39 is 0 Å². The molecule has 1 heterocycles. The van der Waals surface area contributed by atoms with E-state index in [1.807, 2.05) is 0 Å². The normalized spacial score (nSPS) is 34.6. The van der Waals surface area contributed by atoms with Crippen molar-refractivity contribution in [2.24, 2.45) is 5.92 Å². The Labute approximate surface area is 96.2 Å². The van der Waals surface area contributed by atoms with Gasteiger partial charge in [0.15, 0.2) is 0 Å². The first-order valence-electron chi connectivity index (χ1n) is 6.25. The number of nitrogens with one attached hydrogen (secondary N) is 2. The van der Waals surface area contributed by atoms with Crippen LogP contribution in [0, 0.1) is 5.92 Å². The molecule has 16 heavy (non-hydrogen) atoms. The van der Waals surface area contributed by atoms with Crippen LogP contribution in [0.3, 0.4) is 0 Å². The third kappa shape index (κ3) is 2.74. The maximum absolute atomic E-state index is 11.8. The van der Waals surface area contributed by atoms with Crippen LogP contribution in [0.15, 0.2) is 0 Å². The molecule has 4 nitrogen and oxygen atoms in total. The van der Waals surface area contributed by atoms with Gasteiger partial charge in [0.2, 0.25) is 11.8 Å². The van der Waals surface area contributed by atoms with Crippen molar-refractivity contribution in [1.82, 2.24) is 10.6 Å². The van der Waals surface area contributed by atoms with E-state index >= 15 is 0 Å². The van der Waals surface area contributed by atoms with E-state index in [1.54, 1.807) is 0 Å². The van der Waals surface area contributed by atoms with Crippen molar-refractivity contribution >= 4 is 11.8 Å². The van der Waals surface area contributed by atoms with Crippen molar-refractivity contribution in [1.29, 1.82) is 0 Å². The second-order valence-electron chi connectivity index (χ2n) is 5.14. The summed E-state index contributed by atoms with van der Waals surface area (Å²) in [6.45, 7) is 2.23. The van der Waals surface area contributed by atoms with Crippen LogP contribution in [-0.4, -0.2) is 23.9 Å². The summed E-state index contributed by atoms with van der Waals surface area (Å²) in [5, 5.41) is 5.76. The van der Waals surface area contributed by atoms with E-state index in [0.717, 1.165) is 12.8 Å². The fraction of sp³-hybridized carbons (Fsp3) is 0.833. The predicted octanol–water partition coefficient (Wildman–Crippen LogP) is 0.960. The molecule has 1 saturated carbocycles. The molecule has 2 rings (SSSR count). The van der Waals surface area contributed by atoms with Crippen molar-refractivity contribution in [3.63, 3.8) is 0 Å². The molecule has 1 aliphatic heterocycles. The summed E-state index contributed by atoms with van der Waals surface area (Å²) < 4.78 is 0. The monoisotopic (exact) mass is 224 g/mol. The minimum atomic E-state index is -0.287. The van der Waals surface area contributed by atoms with Crippen molar-refractivity contribution < 1.29 is 9.59 Å². The fourth-order valence-electron chi connectivity index (χ4n) is 2.68. The van der Waals surface area contributed by atoms with E-state index in [2.05, 4.69) is 17.6 Å². The molecule has 0 bridgehead atoms. The molecule has 1 aliphatic carbocycles. The topological polar surface area (TPSA) is 58.2 Å². The quantitative estimate of drug-likeness (QED) is 0.734. The number of amides is 2. The first-order valence-corrected chi connectivity index (χ1v) is 6.25. The molecule has 1 saturated heterocycles. The summed E-state index contributed by atoms with van der Waals surface area (Å²) in [6.07, 6.45) is 5.75. The van der Waals surface area contributed by atoms with Gasteiger partial charge >= 0.3 is 0 Å². The van der Waals surface area contributed by atoms with Gasteiger partial charge in [0.1, 0.15) is 6.04 Å². The van der Waals surface area contributed by atoms with Crippen LogP contribution in [-0.2, 0) is 9.59 Å². The summed E-state index contributed by atoms with van der Waals surface area (Å²) in [7, 11) is 0. The van der Waals surface area contributed by atoms with E-state index in [1.165, 1.54) is 12.8 Å². The van der Waals surface area contributed by atoms with Gasteiger partial charge in [-0.05, 0) is 25.2 Å². The van der Waals surface area contributed by atoms with Gasteiger partial charge in [0, 0.05) is 12.5 Å². The molecule has 2 amide bonds. The second-order valence-corrected chi connectivity index (χ2v) is 5.14. The molecular weight excluding hydrogens is 204 g/mol.